The topological polar surface area (TPSA) is 70.7 Å². The largest absolute Gasteiger partial charge is 0.444 e. The van der Waals surface area contributed by atoms with Gasteiger partial charge in [-0.1, -0.05) is 0 Å². The fourth-order valence-corrected chi connectivity index (χ4v) is 2.86. The van der Waals surface area contributed by atoms with E-state index in [0.29, 0.717) is 19.5 Å². The standard InChI is InChI=1S/C19H27F2N3O3/c1-19(2,3)27-18(26)22-8-6-7-16(25)23-13-11-14(20)17(15(21)12-13)24-9-4-5-10-24/h11-12H,4-10H2,1-3H3,(H,22,26)(H,23,25). The molecule has 1 heterocycles. The van der Waals surface area contributed by atoms with E-state index in [-0.39, 0.29) is 30.2 Å². The number of anilines is 2. The lowest BCUT2D eigenvalue weighted by Crippen LogP contribution is -2.33. The smallest absolute Gasteiger partial charge is 0.407 e. The molecular weight excluding hydrogens is 356 g/mol. The number of benzene rings is 1. The van der Waals surface area contributed by atoms with Gasteiger partial charge in [0, 0.05) is 31.7 Å². The molecule has 27 heavy (non-hydrogen) atoms. The van der Waals surface area contributed by atoms with Gasteiger partial charge in [-0.15, -0.1) is 0 Å². The number of ether oxygens (including phenoxy) is 1. The summed E-state index contributed by atoms with van der Waals surface area (Å²) in [5.74, 6) is -1.74. The van der Waals surface area contributed by atoms with Crippen LogP contribution in [0.2, 0.25) is 0 Å². The zero-order valence-corrected chi connectivity index (χ0v) is 16.0. The summed E-state index contributed by atoms with van der Waals surface area (Å²) in [5.41, 5.74) is -0.540. The minimum absolute atomic E-state index is 0.0351. The third-order valence-electron chi connectivity index (χ3n) is 3.97. The monoisotopic (exact) mass is 383 g/mol. The number of carbonyl (C=O) groups is 2. The van der Waals surface area contributed by atoms with Crippen LogP contribution < -0.4 is 15.5 Å². The van der Waals surface area contributed by atoms with E-state index < -0.39 is 23.3 Å². The van der Waals surface area contributed by atoms with E-state index in [0.717, 1.165) is 25.0 Å². The average Bonchev–Trinajstić information content (AvgIpc) is 3.03. The average molecular weight is 383 g/mol. The van der Waals surface area contributed by atoms with Gasteiger partial charge in [-0.3, -0.25) is 4.79 Å². The molecule has 2 N–H and O–H groups in total. The molecule has 0 bridgehead atoms. The molecule has 1 aliphatic rings. The number of halogens is 2. The first-order valence-corrected chi connectivity index (χ1v) is 9.16. The van der Waals surface area contributed by atoms with Gasteiger partial charge < -0.3 is 20.3 Å². The predicted octanol–water partition coefficient (Wildman–Crippen LogP) is 3.81. The van der Waals surface area contributed by atoms with E-state index in [1.807, 2.05) is 0 Å². The van der Waals surface area contributed by atoms with E-state index in [1.54, 1.807) is 25.7 Å². The van der Waals surface area contributed by atoms with Gasteiger partial charge in [0.25, 0.3) is 0 Å². The van der Waals surface area contributed by atoms with Crippen LogP contribution in [0.5, 0.6) is 0 Å². The molecule has 6 nitrogen and oxygen atoms in total. The minimum atomic E-state index is -0.682. The Morgan fingerprint density at radius 2 is 1.74 bits per heavy atom. The summed E-state index contributed by atoms with van der Waals surface area (Å²) in [6.07, 6.45) is 1.75. The molecule has 1 aliphatic heterocycles. The Bertz CT molecular complexity index is 660. The summed E-state index contributed by atoms with van der Waals surface area (Å²) in [7, 11) is 0. The van der Waals surface area contributed by atoms with Crippen LogP contribution in [0.1, 0.15) is 46.5 Å². The molecule has 0 atom stereocenters. The zero-order chi connectivity index (χ0) is 20.0. The molecule has 1 fully saturated rings. The molecule has 2 amide bonds. The van der Waals surface area contributed by atoms with Crippen molar-refractivity contribution in [3.05, 3.63) is 23.8 Å². The molecule has 0 aromatic heterocycles. The van der Waals surface area contributed by atoms with Crippen LogP contribution in [0.4, 0.5) is 25.0 Å². The molecule has 0 spiro atoms. The lowest BCUT2D eigenvalue weighted by molar-refractivity contribution is -0.116. The summed E-state index contributed by atoms with van der Waals surface area (Å²) in [6.45, 7) is 6.79. The number of alkyl carbamates (subject to hydrolysis) is 1. The van der Waals surface area contributed by atoms with Crippen molar-refractivity contribution in [3.63, 3.8) is 0 Å². The van der Waals surface area contributed by atoms with Crippen LogP contribution >= 0.6 is 0 Å². The zero-order valence-electron chi connectivity index (χ0n) is 16.0. The van der Waals surface area contributed by atoms with E-state index in [4.69, 9.17) is 4.74 Å². The van der Waals surface area contributed by atoms with Crippen LogP contribution in [0, 0.1) is 11.6 Å². The number of hydrogen-bond acceptors (Lipinski definition) is 4. The van der Waals surface area contributed by atoms with Crippen molar-refractivity contribution in [2.45, 2.75) is 52.1 Å². The van der Waals surface area contributed by atoms with Crippen molar-refractivity contribution in [2.75, 3.05) is 29.9 Å². The Kier molecular flexibility index (Phi) is 6.98. The fourth-order valence-electron chi connectivity index (χ4n) is 2.86. The summed E-state index contributed by atoms with van der Waals surface area (Å²) in [5, 5.41) is 5.04. The first-order chi connectivity index (χ1) is 12.7. The molecule has 0 radical (unpaired) electrons. The molecule has 1 aromatic rings. The maximum atomic E-state index is 14.2. The number of amides is 2. The molecule has 2 rings (SSSR count). The molecular formula is C19H27F2N3O3. The Morgan fingerprint density at radius 1 is 1.15 bits per heavy atom. The van der Waals surface area contributed by atoms with E-state index in [1.165, 1.54) is 0 Å². The molecule has 150 valence electrons. The molecule has 0 saturated carbocycles. The normalized spacial score (nSPS) is 14.2. The van der Waals surface area contributed by atoms with E-state index >= 15 is 0 Å². The van der Waals surface area contributed by atoms with Crippen molar-refractivity contribution in [2.24, 2.45) is 0 Å². The predicted molar refractivity (Wildman–Crippen MR) is 99.9 cm³/mol. The maximum Gasteiger partial charge on any atom is 0.407 e. The van der Waals surface area contributed by atoms with Crippen LogP contribution in [-0.2, 0) is 9.53 Å². The summed E-state index contributed by atoms with van der Waals surface area (Å²) < 4.78 is 33.6. The highest BCUT2D eigenvalue weighted by molar-refractivity contribution is 5.91. The second kappa shape index (κ2) is 9.01. The van der Waals surface area contributed by atoms with Crippen LogP contribution in [0.3, 0.4) is 0 Å². The second-order valence-electron chi connectivity index (χ2n) is 7.56. The number of rotatable bonds is 6. The van der Waals surface area contributed by atoms with Crippen molar-refractivity contribution in [1.82, 2.24) is 5.32 Å². The Hall–Kier alpha value is -2.38. The summed E-state index contributed by atoms with van der Waals surface area (Å²) in [6, 6.07) is 2.27. The highest BCUT2D eigenvalue weighted by atomic mass is 19.1. The lowest BCUT2D eigenvalue weighted by Gasteiger charge is -2.20. The van der Waals surface area contributed by atoms with E-state index in [2.05, 4.69) is 10.6 Å². The van der Waals surface area contributed by atoms with Gasteiger partial charge in [-0.05, 0) is 52.2 Å². The lowest BCUT2D eigenvalue weighted by atomic mass is 10.2. The van der Waals surface area contributed by atoms with Crippen molar-refractivity contribution in [1.29, 1.82) is 0 Å². The van der Waals surface area contributed by atoms with Crippen molar-refractivity contribution >= 4 is 23.4 Å². The van der Waals surface area contributed by atoms with Gasteiger partial charge in [0.1, 0.15) is 11.3 Å². The summed E-state index contributed by atoms with van der Waals surface area (Å²) in [4.78, 5) is 25.1. The van der Waals surface area contributed by atoms with Gasteiger partial charge in [0.2, 0.25) is 5.91 Å². The SMILES string of the molecule is CC(C)(C)OC(=O)NCCCC(=O)Nc1cc(F)c(N2CCCC2)c(F)c1. The number of carbonyl (C=O) groups excluding carboxylic acids is 2. The first kappa shape index (κ1) is 20.9. The minimum Gasteiger partial charge on any atom is -0.444 e. The Labute approximate surface area is 158 Å². The third kappa shape index (κ3) is 6.69. The van der Waals surface area contributed by atoms with Crippen molar-refractivity contribution < 1.29 is 23.1 Å². The Morgan fingerprint density at radius 3 is 2.30 bits per heavy atom. The Balaban J connectivity index is 1.79. The van der Waals surface area contributed by atoms with Crippen LogP contribution in [-0.4, -0.2) is 37.2 Å². The van der Waals surface area contributed by atoms with Crippen LogP contribution in [0.15, 0.2) is 12.1 Å². The van der Waals surface area contributed by atoms with Gasteiger partial charge in [-0.2, -0.15) is 0 Å². The highest BCUT2D eigenvalue weighted by Gasteiger charge is 2.21. The van der Waals surface area contributed by atoms with Gasteiger partial charge in [-0.25, -0.2) is 13.6 Å². The molecule has 8 heteroatoms. The molecule has 0 aliphatic carbocycles. The highest BCUT2D eigenvalue weighted by Crippen LogP contribution is 2.29. The van der Waals surface area contributed by atoms with E-state index in [9.17, 15) is 18.4 Å². The molecule has 0 unspecified atom stereocenters. The summed E-state index contributed by atoms with van der Waals surface area (Å²) >= 11 is 0. The first-order valence-electron chi connectivity index (χ1n) is 9.16. The quantitative estimate of drug-likeness (QED) is 0.733. The molecule has 1 saturated heterocycles. The van der Waals surface area contributed by atoms with Crippen molar-refractivity contribution in [3.8, 4) is 0 Å². The van der Waals surface area contributed by atoms with Gasteiger partial charge in [0.15, 0.2) is 11.6 Å². The fraction of sp³-hybridized carbons (Fsp3) is 0.579. The number of nitrogens with one attached hydrogen (secondary N) is 2. The maximum absolute atomic E-state index is 14.2. The third-order valence-corrected chi connectivity index (χ3v) is 3.97. The number of hydrogen-bond donors (Lipinski definition) is 2. The molecule has 1 aromatic carbocycles. The van der Waals surface area contributed by atoms with Gasteiger partial charge in [0.05, 0.1) is 0 Å². The van der Waals surface area contributed by atoms with Crippen LogP contribution in [0.25, 0.3) is 0 Å². The second-order valence-corrected chi connectivity index (χ2v) is 7.56. The number of nitrogens with zero attached hydrogens (tertiary/aromatic N) is 1. The van der Waals surface area contributed by atoms with Gasteiger partial charge >= 0.3 is 6.09 Å².